The third-order valence-corrected chi connectivity index (χ3v) is 4.65. The molecule has 2 N–H and O–H groups in total. The van der Waals surface area contributed by atoms with E-state index in [4.69, 9.17) is 0 Å². The quantitative estimate of drug-likeness (QED) is 0.896. The van der Waals surface area contributed by atoms with Crippen LogP contribution in [-0.4, -0.2) is 33.8 Å². The maximum Gasteiger partial charge on any atom is 0.322 e. The molecular weight excluding hydrogens is 318 g/mol. The number of nitrogens with zero attached hydrogens (tertiary/aromatic N) is 2. The number of carbonyl (C=O) groups is 1. The van der Waals surface area contributed by atoms with Gasteiger partial charge < -0.3 is 19.9 Å². The van der Waals surface area contributed by atoms with Crippen molar-refractivity contribution in [2.45, 2.75) is 25.3 Å². The van der Waals surface area contributed by atoms with Gasteiger partial charge in [0.1, 0.15) is 0 Å². The van der Waals surface area contributed by atoms with Crippen LogP contribution in [-0.2, 0) is 13.5 Å². The molecule has 1 atom stereocenters. The maximum absolute atomic E-state index is 12.8. The number of benzene rings is 1. The van der Waals surface area contributed by atoms with Gasteiger partial charge in [-0.2, -0.15) is 0 Å². The first kappa shape index (κ1) is 17.2. The number of hydrogen-bond donors (Lipinski definition) is 2. The number of rotatable bonds is 4. The molecule has 1 unspecified atom stereocenters. The molecule has 1 aliphatic carbocycles. The van der Waals surface area contributed by atoms with Crippen molar-refractivity contribution in [2.75, 3.05) is 18.5 Å². The molecule has 132 valence electrons. The highest BCUT2D eigenvalue weighted by Gasteiger charge is 2.28. The lowest BCUT2D eigenvalue weighted by atomic mass is 9.87. The Kier molecular flexibility index (Phi) is 5.19. The van der Waals surface area contributed by atoms with E-state index >= 15 is 0 Å². The average Bonchev–Trinajstić information content (AvgIpc) is 2.62. The number of amides is 2. The zero-order valence-corrected chi connectivity index (χ0v) is 14.3. The lowest BCUT2D eigenvalue weighted by Gasteiger charge is -2.35. The second-order valence-electron chi connectivity index (χ2n) is 6.32. The minimum atomic E-state index is -0.269. The average molecular weight is 341 g/mol. The summed E-state index contributed by atoms with van der Waals surface area (Å²) in [5, 5.41) is 12.3. The molecule has 0 bridgehead atoms. The summed E-state index contributed by atoms with van der Waals surface area (Å²) < 4.78 is 1.42. The number of carbonyl (C=O) groups excluding carboxylic acids is 1. The minimum absolute atomic E-state index is 0.0513. The second kappa shape index (κ2) is 7.53. The van der Waals surface area contributed by atoms with Gasteiger partial charge in [-0.15, -0.1) is 0 Å². The van der Waals surface area contributed by atoms with Gasteiger partial charge in [0.25, 0.3) is 0 Å². The Morgan fingerprint density at radius 3 is 2.88 bits per heavy atom. The lowest BCUT2D eigenvalue weighted by molar-refractivity contribution is 0.155. The van der Waals surface area contributed by atoms with Crippen LogP contribution in [0, 0.1) is 0 Å². The van der Waals surface area contributed by atoms with E-state index in [0.29, 0.717) is 5.69 Å². The Bertz CT molecular complexity index is 816. The maximum atomic E-state index is 12.8. The van der Waals surface area contributed by atoms with Crippen LogP contribution < -0.4 is 10.9 Å². The fraction of sp³-hybridized carbons (Fsp3) is 0.368. The van der Waals surface area contributed by atoms with Crippen molar-refractivity contribution in [3.8, 4) is 0 Å². The summed E-state index contributed by atoms with van der Waals surface area (Å²) in [6, 6.07) is 10.8. The fourth-order valence-electron chi connectivity index (χ4n) is 3.42. The molecule has 3 rings (SSSR count). The van der Waals surface area contributed by atoms with Crippen LogP contribution in [0.5, 0.6) is 0 Å². The second-order valence-corrected chi connectivity index (χ2v) is 6.32. The number of fused-ring (bicyclic) bond motifs is 1. The summed E-state index contributed by atoms with van der Waals surface area (Å²) in [6.07, 6.45) is 4.49. The van der Waals surface area contributed by atoms with Crippen LogP contribution >= 0.6 is 0 Å². The van der Waals surface area contributed by atoms with Gasteiger partial charge in [0, 0.05) is 25.9 Å². The highest BCUT2D eigenvalue weighted by molar-refractivity contribution is 5.89. The summed E-state index contributed by atoms with van der Waals surface area (Å²) in [4.78, 5) is 26.0. The van der Waals surface area contributed by atoms with Crippen molar-refractivity contribution in [3.05, 3.63) is 64.1 Å². The molecule has 1 aliphatic rings. The molecule has 25 heavy (non-hydrogen) atoms. The zero-order chi connectivity index (χ0) is 17.8. The molecular formula is C19H23N3O3. The van der Waals surface area contributed by atoms with Crippen molar-refractivity contribution in [2.24, 2.45) is 7.05 Å². The SMILES string of the molecule is Cn1cc(NC(=O)N(CCO)C2CCCc3ccccc32)ccc1=O. The van der Waals surface area contributed by atoms with Crippen LogP contribution in [0.4, 0.5) is 10.5 Å². The van der Waals surface area contributed by atoms with Gasteiger partial charge in [0.05, 0.1) is 18.3 Å². The van der Waals surface area contributed by atoms with Gasteiger partial charge in [-0.1, -0.05) is 24.3 Å². The van der Waals surface area contributed by atoms with Crippen molar-refractivity contribution in [1.29, 1.82) is 0 Å². The molecule has 2 aromatic rings. The topological polar surface area (TPSA) is 74.6 Å². The number of anilines is 1. The predicted molar refractivity (Wildman–Crippen MR) is 96.6 cm³/mol. The van der Waals surface area contributed by atoms with Gasteiger partial charge in [0.15, 0.2) is 0 Å². The van der Waals surface area contributed by atoms with Gasteiger partial charge in [0.2, 0.25) is 5.56 Å². The first-order chi connectivity index (χ1) is 12.1. The normalized spacial score (nSPS) is 16.2. The predicted octanol–water partition coefficient (Wildman–Crippen LogP) is 2.29. The van der Waals surface area contributed by atoms with Crippen molar-refractivity contribution < 1.29 is 9.90 Å². The Morgan fingerprint density at radius 1 is 1.32 bits per heavy atom. The largest absolute Gasteiger partial charge is 0.395 e. The van der Waals surface area contributed by atoms with Gasteiger partial charge in [-0.3, -0.25) is 4.79 Å². The standard InChI is InChI=1S/C19H23N3O3/c1-21-13-15(9-10-18(21)24)20-19(25)22(11-12-23)17-8-4-6-14-5-2-3-7-16(14)17/h2-3,5,7,9-10,13,17,23H,4,6,8,11-12H2,1H3,(H,20,25). The summed E-state index contributed by atoms with van der Waals surface area (Å²) in [7, 11) is 1.64. The molecule has 6 heteroatoms. The smallest absolute Gasteiger partial charge is 0.322 e. The van der Waals surface area contributed by atoms with Crippen LogP contribution in [0.2, 0.25) is 0 Å². The fourth-order valence-corrected chi connectivity index (χ4v) is 3.42. The number of aromatic nitrogens is 1. The Labute approximate surface area is 146 Å². The molecule has 1 heterocycles. The first-order valence-electron chi connectivity index (χ1n) is 8.53. The van der Waals surface area contributed by atoms with Gasteiger partial charge in [-0.25, -0.2) is 4.79 Å². The molecule has 2 amide bonds. The minimum Gasteiger partial charge on any atom is -0.395 e. The third kappa shape index (κ3) is 3.74. The van der Waals surface area contributed by atoms with Crippen molar-refractivity contribution in [1.82, 2.24) is 9.47 Å². The van der Waals surface area contributed by atoms with E-state index < -0.39 is 0 Å². The molecule has 0 fully saturated rings. The molecule has 0 saturated carbocycles. The number of hydrogen-bond acceptors (Lipinski definition) is 3. The number of aliphatic hydroxyl groups is 1. The Balaban J connectivity index is 1.84. The highest BCUT2D eigenvalue weighted by Crippen LogP contribution is 2.34. The lowest BCUT2D eigenvalue weighted by Crippen LogP contribution is -2.41. The van der Waals surface area contributed by atoms with Crippen LogP contribution in [0.25, 0.3) is 0 Å². The number of pyridine rings is 1. The van der Waals surface area contributed by atoms with Crippen LogP contribution in [0.1, 0.15) is 30.0 Å². The molecule has 0 saturated heterocycles. The molecule has 0 aliphatic heterocycles. The summed E-state index contributed by atoms with van der Waals surface area (Å²) >= 11 is 0. The monoisotopic (exact) mass is 341 g/mol. The molecule has 1 aromatic carbocycles. The molecule has 0 spiro atoms. The van der Waals surface area contributed by atoms with Gasteiger partial charge >= 0.3 is 6.03 Å². The van der Waals surface area contributed by atoms with Crippen molar-refractivity contribution >= 4 is 11.7 Å². The Morgan fingerprint density at radius 2 is 2.12 bits per heavy atom. The number of aliphatic hydroxyl groups excluding tert-OH is 1. The molecule has 6 nitrogen and oxygen atoms in total. The third-order valence-electron chi connectivity index (χ3n) is 4.65. The highest BCUT2D eigenvalue weighted by atomic mass is 16.3. The Hall–Kier alpha value is -2.60. The van der Waals surface area contributed by atoms with E-state index in [9.17, 15) is 14.7 Å². The summed E-state index contributed by atoms with van der Waals surface area (Å²) in [5.41, 5.74) is 2.83. The number of aryl methyl sites for hydroxylation is 2. The van der Waals surface area contributed by atoms with Crippen molar-refractivity contribution in [3.63, 3.8) is 0 Å². The summed E-state index contributed by atoms with van der Waals surface area (Å²) in [5.74, 6) is 0. The summed E-state index contributed by atoms with van der Waals surface area (Å²) in [6.45, 7) is 0.163. The zero-order valence-electron chi connectivity index (χ0n) is 14.3. The first-order valence-corrected chi connectivity index (χ1v) is 8.53. The van der Waals surface area contributed by atoms with E-state index in [2.05, 4.69) is 17.4 Å². The van der Waals surface area contributed by atoms with E-state index in [0.717, 1.165) is 24.8 Å². The van der Waals surface area contributed by atoms with E-state index in [1.54, 1.807) is 24.2 Å². The van der Waals surface area contributed by atoms with Gasteiger partial charge in [-0.05, 0) is 36.5 Å². The number of nitrogens with one attached hydrogen (secondary N) is 1. The number of urea groups is 1. The van der Waals surface area contributed by atoms with E-state index in [-0.39, 0.29) is 30.8 Å². The molecule has 1 aromatic heterocycles. The molecule has 0 radical (unpaired) electrons. The van der Waals surface area contributed by atoms with E-state index in [1.165, 1.54) is 16.2 Å². The van der Waals surface area contributed by atoms with Crippen LogP contribution in [0.15, 0.2) is 47.4 Å². The van der Waals surface area contributed by atoms with Crippen LogP contribution in [0.3, 0.4) is 0 Å². The van der Waals surface area contributed by atoms with E-state index in [1.807, 2.05) is 12.1 Å².